The minimum Gasteiger partial charge on any atom is -0.369 e. The van der Waals surface area contributed by atoms with Gasteiger partial charge < -0.3 is 5.73 Å². The van der Waals surface area contributed by atoms with Gasteiger partial charge in [0.25, 0.3) is 5.16 Å². The maximum atomic E-state index is 11.2. The number of hydrogen-bond donors (Lipinski definition) is 2. The van der Waals surface area contributed by atoms with Crippen LogP contribution in [0.4, 0.5) is 0 Å². The fourth-order valence-electron chi connectivity index (χ4n) is 0.713. The lowest BCUT2D eigenvalue weighted by atomic mass is 10.8. The van der Waals surface area contributed by atoms with Crippen LogP contribution < -0.4 is 5.73 Å². The number of nitrogens with one attached hydrogen (secondary N) is 1. The molecule has 0 aliphatic rings. The van der Waals surface area contributed by atoms with E-state index in [1.54, 1.807) is 6.92 Å². The predicted molar refractivity (Wildman–Crippen MR) is 42.4 cm³/mol. The van der Waals surface area contributed by atoms with E-state index in [4.69, 9.17) is 5.73 Å². The minimum atomic E-state index is -3.77. The molecule has 0 atom stereocenters. The number of aryl methyl sites for hydroxylation is 1. The molecule has 72 valence electrons. The molecular weight excluding hydrogens is 196 g/mol. The van der Waals surface area contributed by atoms with Crippen molar-refractivity contribution in [3.8, 4) is 0 Å². The van der Waals surface area contributed by atoms with Crippen LogP contribution in [0.1, 0.15) is 5.82 Å². The molecule has 1 rings (SSSR count). The Kier molecular flexibility index (Phi) is 2.32. The number of amides is 1. The van der Waals surface area contributed by atoms with Crippen LogP contribution in [0.2, 0.25) is 0 Å². The number of aromatic nitrogens is 3. The number of hydrogen-bond acceptors (Lipinski definition) is 5. The Morgan fingerprint density at radius 2 is 2.23 bits per heavy atom. The highest BCUT2D eigenvalue weighted by atomic mass is 32.2. The van der Waals surface area contributed by atoms with Crippen LogP contribution >= 0.6 is 0 Å². The van der Waals surface area contributed by atoms with Crippen LogP contribution in [0.3, 0.4) is 0 Å². The normalized spacial score (nSPS) is 11.5. The van der Waals surface area contributed by atoms with Crippen LogP contribution in [0.5, 0.6) is 0 Å². The molecule has 0 bridgehead atoms. The lowest BCUT2D eigenvalue weighted by Gasteiger charge is -1.93. The van der Waals surface area contributed by atoms with Gasteiger partial charge in [-0.3, -0.25) is 9.89 Å². The number of rotatable bonds is 3. The molecule has 1 aromatic rings. The summed E-state index contributed by atoms with van der Waals surface area (Å²) in [6.07, 6.45) is 0. The first kappa shape index (κ1) is 9.65. The fraction of sp³-hybridized carbons (Fsp3) is 0.400. The van der Waals surface area contributed by atoms with Crippen molar-refractivity contribution in [2.75, 3.05) is 5.75 Å². The molecule has 0 radical (unpaired) electrons. The van der Waals surface area contributed by atoms with Gasteiger partial charge in [-0.05, 0) is 6.92 Å². The molecule has 0 aliphatic heterocycles. The van der Waals surface area contributed by atoms with Crippen molar-refractivity contribution in [3.63, 3.8) is 0 Å². The van der Waals surface area contributed by atoms with Gasteiger partial charge in [0.05, 0.1) is 0 Å². The molecule has 1 aromatic heterocycles. The summed E-state index contributed by atoms with van der Waals surface area (Å²) in [5, 5.41) is 5.36. The van der Waals surface area contributed by atoms with Crippen LogP contribution in [0.25, 0.3) is 0 Å². The second-order valence-electron chi connectivity index (χ2n) is 2.43. The highest BCUT2D eigenvalue weighted by Crippen LogP contribution is 2.02. The number of H-pyrrole nitrogens is 1. The van der Waals surface area contributed by atoms with Gasteiger partial charge in [0.1, 0.15) is 11.6 Å². The van der Waals surface area contributed by atoms with Crippen LogP contribution in [-0.2, 0) is 14.6 Å². The second kappa shape index (κ2) is 3.13. The highest BCUT2D eigenvalue weighted by molar-refractivity contribution is 7.91. The van der Waals surface area contributed by atoms with Gasteiger partial charge in [-0.2, -0.15) is 0 Å². The number of carbonyl (C=O) groups excluding carboxylic acids is 1. The van der Waals surface area contributed by atoms with E-state index in [9.17, 15) is 13.2 Å². The third-order valence-electron chi connectivity index (χ3n) is 1.19. The highest BCUT2D eigenvalue weighted by Gasteiger charge is 2.21. The smallest absolute Gasteiger partial charge is 0.267 e. The van der Waals surface area contributed by atoms with Crippen molar-refractivity contribution in [3.05, 3.63) is 5.82 Å². The second-order valence-corrected chi connectivity index (χ2v) is 4.31. The van der Waals surface area contributed by atoms with Crippen molar-refractivity contribution < 1.29 is 13.2 Å². The van der Waals surface area contributed by atoms with Crippen LogP contribution in [0.15, 0.2) is 5.16 Å². The zero-order valence-electron chi connectivity index (χ0n) is 6.81. The van der Waals surface area contributed by atoms with E-state index in [-0.39, 0.29) is 0 Å². The quantitative estimate of drug-likeness (QED) is 0.612. The largest absolute Gasteiger partial charge is 0.369 e. The molecule has 0 aliphatic carbocycles. The Bertz CT molecular complexity index is 421. The summed E-state index contributed by atoms with van der Waals surface area (Å²) >= 11 is 0. The topological polar surface area (TPSA) is 119 Å². The van der Waals surface area contributed by atoms with Gasteiger partial charge in [-0.25, -0.2) is 13.4 Å². The maximum Gasteiger partial charge on any atom is 0.267 e. The predicted octanol–water partition coefficient (Wildman–Crippen LogP) is -1.63. The lowest BCUT2D eigenvalue weighted by molar-refractivity contribution is -0.115. The monoisotopic (exact) mass is 204 g/mol. The summed E-state index contributed by atoms with van der Waals surface area (Å²) in [7, 11) is -3.77. The lowest BCUT2D eigenvalue weighted by Crippen LogP contribution is -2.23. The number of sulfone groups is 1. The summed E-state index contributed by atoms with van der Waals surface area (Å²) < 4.78 is 22.4. The number of nitrogens with two attached hydrogens (primary N) is 1. The van der Waals surface area contributed by atoms with Gasteiger partial charge in [0.2, 0.25) is 15.7 Å². The molecule has 3 N–H and O–H groups in total. The molecule has 0 saturated heterocycles. The van der Waals surface area contributed by atoms with E-state index < -0.39 is 26.7 Å². The fourth-order valence-corrected chi connectivity index (χ4v) is 1.68. The first-order valence-electron chi connectivity index (χ1n) is 3.32. The number of primary amides is 1. The van der Waals surface area contributed by atoms with Crippen molar-refractivity contribution >= 4 is 15.7 Å². The molecular formula is C5H8N4O3S. The van der Waals surface area contributed by atoms with Crippen LogP contribution in [-0.4, -0.2) is 35.3 Å². The molecule has 13 heavy (non-hydrogen) atoms. The average Bonchev–Trinajstić information content (AvgIpc) is 2.32. The summed E-state index contributed by atoms with van der Waals surface area (Å²) in [5.74, 6) is -1.34. The van der Waals surface area contributed by atoms with Crippen molar-refractivity contribution in [1.82, 2.24) is 15.2 Å². The number of aromatic amines is 1. The molecule has 7 nitrogen and oxygen atoms in total. The van der Waals surface area contributed by atoms with E-state index >= 15 is 0 Å². The first-order valence-corrected chi connectivity index (χ1v) is 4.97. The van der Waals surface area contributed by atoms with Gasteiger partial charge in [-0.1, -0.05) is 0 Å². The van der Waals surface area contributed by atoms with E-state index in [0.29, 0.717) is 5.82 Å². The molecule has 8 heteroatoms. The van der Waals surface area contributed by atoms with Crippen molar-refractivity contribution in [2.24, 2.45) is 5.73 Å². The molecule has 1 heterocycles. The van der Waals surface area contributed by atoms with Crippen LogP contribution in [0, 0.1) is 6.92 Å². The van der Waals surface area contributed by atoms with E-state index in [1.165, 1.54) is 0 Å². The van der Waals surface area contributed by atoms with Gasteiger partial charge in [-0.15, -0.1) is 5.10 Å². The number of carbonyl (C=O) groups is 1. The first-order chi connectivity index (χ1) is 5.92. The Morgan fingerprint density at radius 1 is 1.62 bits per heavy atom. The van der Waals surface area contributed by atoms with E-state index in [2.05, 4.69) is 15.2 Å². The molecule has 0 saturated carbocycles. The molecule has 0 fully saturated rings. The zero-order chi connectivity index (χ0) is 10.1. The molecule has 0 aromatic carbocycles. The third-order valence-corrected chi connectivity index (χ3v) is 2.59. The third kappa shape index (κ3) is 2.25. The summed E-state index contributed by atoms with van der Waals surface area (Å²) in [5.41, 5.74) is 4.74. The Balaban J connectivity index is 3.01. The summed E-state index contributed by atoms with van der Waals surface area (Å²) in [6.45, 7) is 1.55. The Morgan fingerprint density at radius 3 is 2.62 bits per heavy atom. The van der Waals surface area contributed by atoms with Gasteiger partial charge in [0.15, 0.2) is 0 Å². The molecule has 0 spiro atoms. The number of nitrogens with zero attached hydrogens (tertiary/aromatic N) is 2. The Hall–Kier alpha value is -1.44. The standard InChI is InChI=1S/C5H8N4O3S/c1-3-7-5(9-8-3)13(11,12)2-4(6)10/h2H2,1H3,(H2,6,10)(H,7,8,9). The maximum absolute atomic E-state index is 11.2. The van der Waals surface area contributed by atoms with Gasteiger partial charge in [0, 0.05) is 0 Å². The molecule has 1 amide bonds. The van der Waals surface area contributed by atoms with Crippen molar-refractivity contribution in [2.45, 2.75) is 12.1 Å². The summed E-state index contributed by atoms with van der Waals surface area (Å²) in [4.78, 5) is 13.9. The SMILES string of the molecule is Cc1nc(S(=O)(=O)CC(N)=O)n[nH]1. The zero-order valence-corrected chi connectivity index (χ0v) is 7.63. The van der Waals surface area contributed by atoms with Crippen molar-refractivity contribution in [1.29, 1.82) is 0 Å². The van der Waals surface area contributed by atoms with E-state index in [1.807, 2.05) is 0 Å². The van der Waals surface area contributed by atoms with Gasteiger partial charge >= 0.3 is 0 Å². The van der Waals surface area contributed by atoms with E-state index in [0.717, 1.165) is 0 Å². The minimum absolute atomic E-state index is 0.364. The molecule has 0 unspecified atom stereocenters. The Labute approximate surface area is 74.3 Å². The average molecular weight is 204 g/mol. The summed E-state index contributed by atoms with van der Waals surface area (Å²) in [6, 6.07) is 0.